The first kappa shape index (κ1) is 27.1. The molecule has 0 atom stereocenters. The third kappa shape index (κ3) is 7.30. The van der Waals surface area contributed by atoms with Gasteiger partial charge in [0, 0.05) is 32.1 Å². The average Bonchev–Trinajstić information content (AvgIpc) is 3.39. The van der Waals surface area contributed by atoms with Crippen molar-refractivity contribution in [1.82, 2.24) is 19.8 Å². The Bertz CT molecular complexity index is 1230. The van der Waals surface area contributed by atoms with E-state index in [4.69, 9.17) is 9.26 Å². The van der Waals surface area contributed by atoms with Crippen molar-refractivity contribution in [2.24, 2.45) is 5.92 Å². The zero-order valence-corrected chi connectivity index (χ0v) is 22.9. The zero-order chi connectivity index (χ0) is 26.4. The molecule has 1 aliphatic rings. The molecule has 2 aromatic carbocycles. The number of aromatic nitrogens is 2. The molecule has 1 saturated heterocycles. The Kier molecular flexibility index (Phi) is 8.83. The second kappa shape index (κ2) is 12.1. The summed E-state index contributed by atoms with van der Waals surface area (Å²) in [6.45, 7) is 7.55. The molecule has 1 aromatic heterocycles. The van der Waals surface area contributed by atoms with E-state index in [-0.39, 0.29) is 10.8 Å². The summed E-state index contributed by atoms with van der Waals surface area (Å²) in [5.74, 6) is 2.31. The van der Waals surface area contributed by atoms with E-state index < -0.39 is 10.0 Å². The maximum Gasteiger partial charge on any atom is 0.324 e. The van der Waals surface area contributed by atoms with Gasteiger partial charge in [0.1, 0.15) is 5.75 Å². The van der Waals surface area contributed by atoms with Crippen LogP contribution in [0.25, 0.3) is 11.1 Å². The molecule has 37 heavy (non-hydrogen) atoms. The number of anilines is 1. The molecule has 200 valence electrons. The number of likely N-dealkylation sites (N-methyl/N-ethyl adjacent to an activating group) is 1. The third-order valence-corrected chi connectivity index (χ3v) is 8.00. The van der Waals surface area contributed by atoms with Gasteiger partial charge in [0.15, 0.2) is 5.82 Å². The third-order valence-electron chi connectivity index (χ3n) is 6.52. The largest absolute Gasteiger partial charge is 0.493 e. The molecule has 9 nitrogen and oxygen atoms in total. The van der Waals surface area contributed by atoms with Crippen LogP contribution in [-0.4, -0.2) is 70.3 Å². The van der Waals surface area contributed by atoms with Crippen LogP contribution in [0.15, 0.2) is 57.9 Å². The van der Waals surface area contributed by atoms with Crippen molar-refractivity contribution >= 4 is 16.0 Å². The highest BCUT2D eigenvalue weighted by Gasteiger charge is 2.24. The fraction of sp³-hybridized carbons (Fsp3) is 0.481. The number of benzene rings is 2. The van der Waals surface area contributed by atoms with Crippen LogP contribution in [0.1, 0.15) is 38.4 Å². The summed E-state index contributed by atoms with van der Waals surface area (Å²) in [7, 11) is 0.300. The summed E-state index contributed by atoms with van der Waals surface area (Å²) in [4.78, 5) is 8.85. The zero-order valence-electron chi connectivity index (χ0n) is 22.1. The number of hydrogen-bond donors (Lipinski definition) is 1. The lowest BCUT2D eigenvalue weighted by atomic mass is 9.98. The summed E-state index contributed by atoms with van der Waals surface area (Å²) in [6, 6.07) is 15.5. The Morgan fingerprint density at radius 1 is 1.05 bits per heavy atom. The summed E-state index contributed by atoms with van der Waals surface area (Å²) in [5.41, 5.74) is 1.96. The molecule has 0 spiro atoms. The van der Waals surface area contributed by atoms with Gasteiger partial charge in [-0.2, -0.15) is 4.98 Å². The van der Waals surface area contributed by atoms with Gasteiger partial charge >= 0.3 is 6.01 Å². The number of ether oxygens (including phenoxy) is 1. The van der Waals surface area contributed by atoms with Crippen molar-refractivity contribution in [2.45, 2.75) is 37.5 Å². The van der Waals surface area contributed by atoms with E-state index in [2.05, 4.69) is 33.6 Å². The summed E-state index contributed by atoms with van der Waals surface area (Å²) in [6.07, 6.45) is 2.02. The van der Waals surface area contributed by atoms with Crippen molar-refractivity contribution in [3.05, 3.63) is 54.4 Å². The number of piperidine rings is 1. The van der Waals surface area contributed by atoms with Crippen LogP contribution >= 0.6 is 0 Å². The molecule has 0 bridgehead atoms. The first-order valence-electron chi connectivity index (χ1n) is 12.8. The van der Waals surface area contributed by atoms with Crippen molar-refractivity contribution in [1.29, 1.82) is 0 Å². The summed E-state index contributed by atoms with van der Waals surface area (Å²) < 4.78 is 39.1. The number of rotatable bonds is 11. The lowest BCUT2D eigenvalue weighted by molar-refractivity contribution is 0.220. The van der Waals surface area contributed by atoms with E-state index in [1.807, 2.05) is 55.4 Å². The number of hydrogen-bond acceptors (Lipinski definition) is 8. The van der Waals surface area contributed by atoms with Gasteiger partial charge in [0.05, 0.1) is 11.5 Å². The Hall–Kier alpha value is -2.95. The second-order valence-electron chi connectivity index (χ2n) is 10.1. The lowest BCUT2D eigenvalue weighted by Gasteiger charge is -2.30. The second-order valence-corrected chi connectivity index (χ2v) is 11.8. The maximum absolute atomic E-state index is 12.5. The van der Waals surface area contributed by atoms with Gasteiger partial charge in [-0.25, -0.2) is 13.1 Å². The first-order valence-corrected chi connectivity index (χ1v) is 14.3. The molecule has 1 aliphatic heterocycles. The minimum absolute atomic E-state index is 0.255. The van der Waals surface area contributed by atoms with Gasteiger partial charge in [-0.15, -0.1) is 0 Å². The molecule has 0 saturated carbocycles. The van der Waals surface area contributed by atoms with Crippen LogP contribution in [0.3, 0.4) is 0 Å². The molecule has 0 aliphatic carbocycles. The topological polar surface area (TPSA) is 101 Å². The molecule has 0 unspecified atom stereocenters. The smallest absolute Gasteiger partial charge is 0.324 e. The van der Waals surface area contributed by atoms with Gasteiger partial charge in [-0.1, -0.05) is 43.3 Å². The number of sulfonamides is 1. The highest BCUT2D eigenvalue weighted by molar-refractivity contribution is 7.89. The first-order chi connectivity index (χ1) is 17.7. The molecule has 2 heterocycles. The van der Waals surface area contributed by atoms with E-state index in [1.54, 1.807) is 12.1 Å². The molecule has 4 rings (SSSR count). The molecule has 1 fully saturated rings. The Balaban J connectivity index is 1.25. The van der Waals surface area contributed by atoms with Crippen LogP contribution < -0.4 is 14.4 Å². The minimum Gasteiger partial charge on any atom is -0.493 e. The number of nitrogens with one attached hydrogen (secondary N) is 1. The van der Waals surface area contributed by atoms with Crippen molar-refractivity contribution in [2.75, 3.05) is 51.8 Å². The highest BCUT2D eigenvalue weighted by Crippen LogP contribution is 2.26. The monoisotopic (exact) mass is 527 g/mol. The predicted octanol–water partition coefficient (Wildman–Crippen LogP) is 4.00. The van der Waals surface area contributed by atoms with E-state index in [9.17, 15) is 8.42 Å². The van der Waals surface area contributed by atoms with E-state index in [0.29, 0.717) is 31.6 Å². The molecular weight excluding hydrogens is 490 g/mol. The molecule has 3 aromatic rings. The minimum atomic E-state index is -3.51. The van der Waals surface area contributed by atoms with Gasteiger partial charge in [-0.3, -0.25) is 0 Å². The van der Waals surface area contributed by atoms with E-state index in [1.165, 1.54) is 0 Å². The van der Waals surface area contributed by atoms with Crippen molar-refractivity contribution in [3.8, 4) is 16.9 Å². The quantitative estimate of drug-likeness (QED) is 0.399. The molecule has 10 heteroatoms. The fourth-order valence-corrected chi connectivity index (χ4v) is 5.17. The summed E-state index contributed by atoms with van der Waals surface area (Å²) >= 11 is 0. The number of nitrogens with zero attached hydrogens (tertiary/aromatic N) is 4. The molecule has 0 radical (unpaired) electrons. The average molecular weight is 528 g/mol. The van der Waals surface area contributed by atoms with Crippen molar-refractivity contribution in [3.63, 3.8) is 0 Å². The normalized spacial score (nSPS) is 15.0. The highest BCUT2D eigenvalue weighted by atomic mass is 32.2. The Labute approximate surface area is 219 Å². The van der Waals surface area contributed by atoms with Crippen LogP contribution in [0, 0.1) is 5.92 Å². The van der Waals surface area contributed by atoms with Gasteiger partial charge < -0.3 is 19.1 Å². The van der Waals surface area contributed by atoms with Crippen molar-refractivity contribution < 1.29 is 17.7 Å². The molecule has 1 N–H and O–H groups in total. The van der Waals surface area contributed by atoms with Crippen LogP contribution in [0.2, 0.25) is 0 Å². The Morgan fingerprint density at radius 2 is 1.68 bits per heavy atom. The van der Waals surface area contributed by atoms with Crippen LogP contribution in [0.4, 0.5) is 6.01 Å². The molecular formula is C27H37N5O4S. The fourth-order valence-electron chi connectivity index (χ4n) is 4.15. The Morgan fingerprint density at radius 3 is 2.24 bits per heavy atom. The molecule has 0 amide bonds. The predicted molar refractivity (Wildman–Crippen MR) is 144 cm³/mol. The van der Waals surface area contributed by atoms with E-state index in [0.717, 1.165) is 48.6 Å². The van der Waals surface area contributed by atoms with Crippen LogP contribution in [-0.2, 0) is 10.0 Å². The van der Waals surface area contributed by atoms with E-state index >= 15 is 0 Å². The lowest BCUT2D eigenvalue weighted by Crippen LogP contribution is -2.35. The maximum atomic E-state index is 12.5. The van der Waals surface area contributed by atoms with Crippen LogP contribution in [0.5, 0.6) is 5.75 Å². The van der Waals surface area contributed by atoms with Gasteiger partial charge in [0.2, 0.25) is 10.0 Å². The standard InChI is InChI=1S/C27H37N5O4S/c1-20(2)26-29-27(36-30-26)32-16-13-21(14-17-32)19-35-24-9-5-22(6-10-24)23-7-11-25(12-8-23)37(33,34)28-15-18-31(3)4/h5-12,20-21,28H,13-19H2,1-4H3. The van der Waals surface area contributed by atoms with Gasteiger partial charge in [0.25, 0.3) is 0 Å². The van der Waals surface area contributed by atoms with Gasteiger partial charge in [-0.05, 0) is 68.2 Å². The SMILES string of the molecule is CC(C)c1noc(N2CCC(COc3ccc(-c4ccc(S(=O)(=O)NCCN(C)C)cc4)cc3)CC2)n1. The summed E-state index contributed by atoms with van der Waals surface area (Å²) in [5, 5.41) is 4.06.